The Labute approximate surface area is 146 Å². The van der Waals surface area contributed by atoms with E-state index in [4.69, 9.17) is 16.0 Å². The molecule has 0 spiro atoms. The van der Waals surface area contributed by atoms with E-state index in [-0.39, 0.29) is 0 Å². The summed E-state index contributed by atoms with van der Waals surface area (Å²) < 4.78 is 6.24. The Morgan fingerprint density at radius 3 is 1.42 bits per heavy atom. The standard InChI is InChI=1S/C22H15ClO/c23-20-19(16-10-4-1-5-11-16)21(17-12-6-2-7-13-17)24-22(20)18-14-8-3-9-15-18/h1-15H. The molecule has 0 unspecified atom stereocenters. The van der Waals surface area contributed by atoms with Gasteiger partial charge in [0.15, 0.2) is 5.76 Å². The summed E-state index contributed by atoms with van der Waals surface area (Å²) in [7, 11) is 0. The summed E-state index contributed by atoms with van der Waals surface area (Å²) in [6.07, 6.45) is 0. The van der Waals surface area contributed by atoms with Crippen LogP contribution in [0.15, 0.2) is 95.4 Å². The zero-order valence-corrected chi connectivity index (χ0v) is 13.7. The minimum atomic E-state index is 0.645. The van der Waals surface area contributed by atoms with Gasteiger partial charge in [-0.25, -0.2) is 0 Å². The molecule has 0 saturated heterocycles. The van der Waals surface area contributed by atoms with Gasteiger partial charge in [0.25, 0.3) is 0 Å². The van der Waals surface area contributed by atoms with Crippen LogP contribution < -0.4 is 0 Å². The smallest absolute Gasteiger partial charge is 0.154 e. The molecule has 0 N–H and O–H groups in total. The van der Waals surface area contributed by atoms with Crippen LogP contribution in [0, 0.1) is 0 Å². The summed E-state index contributed by atoms with van der Waals surface area (Å²) in [6, 6.07) is 30.2. The Hall–Kier alpha value is -2.77. The van der Waals surface area contributed by atoms with Crippen molar-refractivity contribution in [1.29, 1.82) is 0 Å². The Morgan fingerprint density at radius 1 is 0.500 bits per heavy atom. The molecule has 0 atom stereocenters. The van der Waals surface area contributed by atoms with Gasteiger partial charge in [0.05, 0.1) is 5.02 Å². The van der Waals surface area contributed by atoms with Crippen molar-refractivity contribution in [2.24, 2.45) is 0 Å². The number of hydrogen-bond acceptors (Lipinski definition) is 1. The lowest BCUT2D eigenvalue weighted by Gasteiger charge is -2.03. The van der Waals surface area contributed by atoms with Gasteiger partial charge >= 0.3 is 0 Å². The molecule has 0 bridgehead atoms. The van der Waals surface area contributed by atoms with Gasteiger partial charge in [-0.1, -0.05) is 103 Å². The first kappa shape index (κ1) is 14.8. The summed E-state index contributed by atoms with van der Waals surface area (Å²) >= 11 is 6.75. The summed E-state index contributed by atoms with van der Waals surface area (Å²) in [5.41, 5.74) is 3.97. The monoisotopic (exact) mass is 330 g/mol. The van der Waals surface area contributed by atoms with Crippen molar-refractivity contribution in [3.8, 4) is 33.8 Å². The van der Waals surface area contributed by atoms with E-state index >= 15 is 0 Å². The molecule has 0 aliphatic carbocycles. The Bertz CT molecular complexity index is 941. The quantitative estimate of drug-likeness (QED) is 0.396. The van der Waals surface area contributed by atoms with E-state index in [2.05, 4.69) is 12.1 Å². The van der Waals surface area contributed by atoms with Crippen LogP contribution in [0.3, 0.4) is 0 Å². The molecule has 0 fully saturated rings. The van der Waals surface area contributed by atoms with Crippen molar-refractivity contribution in [2.45, 2.75) is 0 Å². The molecule has 0 aliphatic heterocycles. The van der Waals surface area contributed by atoms with Gasteiger partial charge in [-0.05, 0) is 5.56 Å². The summed E-state index contributed by atoms with van der Waals surface area (Å²) in [4.78, 5) is 0. The number of furan rings is 1. The molecular formula is C22H15ClO. The predicted molar refractivity (Wildman–Crippen MR) is 100 cm³/mol. The fraction of sp³-hybridized carbons (Fsp3) is 0. The highest BCUT2D eigenvalue weighted by atomic mass is 35.5. The zero-order chi connectivity index (χ0) is 16.4. The minimum Gasteiger partial charge on any atom is -0.454 e. The van der Waals surface area contributed by atoms with E-state index in [1.807, 2.05) is 78.9 Å². The predicted octanol–water partition coefficient (Wildman–Crippen LogP) is 6.93. The van der Waals surface area contributed by atoms with Gasteiger partial charge in [-0.2, -0.15) is 0 Å². The van der Waals surface area contributed by atoms with E-state index in [0.717, 1.165) is 28.0 Å². The maximum atomic E-state index is 6.75. The fourth-order valence-electron chi connectivity index (χ4n) is 2.84. The number of benzene rings is 3. The molecule has 2 heteroatoms. The van der Waals surface area contributed by atoms with E-state index in [1.165, 1.54) is 0 Å². The fourth-order valence-corrected chi connectivity index (χ4v) is 3.18. The molecule has 3 aromatic carbocycles. The van der Waals surface area contributed by atoms with Crippen LogP contribution in [0.25, 0.3) is 33.8 Å². The van der Waals surface area contributed by atoms with Crippen LogP contribution >= 0.6 is 11.6 Å². The van der Waals surface area contributed by atoms with Crippen molar-refractivity contribution in [3.63, 3.8) is 0 Å². The second-order valence-electron chi connectivity index (χ2n) is 5.55. The topological polar surface area (TPSA) is 13.1 Å². The van der Waals surface area contributed by atoms with Crippen molar-refractivity contribution < 1.29 is 4.42 Å². The lowest BCUT2D eigenvalue weighted by molar-refractivity contribution is 0.598. The van der Waals surface area contributed by atoms with Crippen molar-refractivity contribution in [3.05, 3.63) is 96.0 Å². The highest BCUT2D eigenvalue weighted by Crippen LogP contribution is 2.45. The molecule has 116 valence electrons. The van der Waals surface area contributed by atoms with Gasteiger partial charge in [0.2, 0.25) is 0 Å². The molecule has 1 nitrogen and oxygen atoms in total. The van der Waals surface area contributed by atoms with Gasteiger partial charge < -0.3 is 4.42 Å². The molecule has 1 aromatic heterocycles. The number of hydrogen-bond donors (Lipinski definition) is 0. The maximum Gasteiger partial charge on any atom is 0.154 e. The third kappa shape index (κ3) is 2.64. The highest BCUT2D eigenvalue weighted by Gasteiger charge is 2.22. The number of rotatable bonds is 3. The lowest BCUT2D eigenvalue weighted by atomic mass is 10.0. The van der Waals surface area contributed by atoms with Crippen molar-refractivity contribution in [2.75, 3.05) is 0 Å². The van der Waals surface area contributed by atoms with Crippen LogP contribution in [0.4, 0.5) is 0 Å². The first-order chi connectivity index (χ1) is 11.8. The highest BCUT2D eigenvalue weighted by molar-refractivity contribution is 6.36. The molecular weight excluding hydrogens is 316 g/mol. The largest absolute Gasteiger partial charge is 0.454 e. The maximum absolute atomic E-state index is 6.75. The molecule has 1 heterocycles. The number of halogens is 1. The Balaban J connectivity index is 1.99. The van der Waals surface area contributed by atoms with Crippen LogP contribution in [0.2, 0.25) is 5.02 Å². The molecule has 4 rings (SSSR count). The second kappa shape index (κ2) is 6.38. The SMILES string of the molecule is Clc1c(-c2ccccc2)oc(-c2ccccc2)c1-c1ccccc1. The van der Waals surface area contributed by atoms with Crippen LogP contribution in [0.5, 0.6) is 0 Å². The molecule has 0 aliphatic rings. The average Bonchev–Trinajstić information content (AvgIpc) is 3.01. The molecule has 0 radical (unpaired) electrons. The van der Waals surface area contributed by atoms with Crippen molar-refractivity contribution in [1.82, 2.24) is 0 Å². The molecule has 0 amide bonds. The molecule has 4 aromatic rings. The van der Waals surface area contributed by atoms with E-state index in [9.17, 15) is 0 Å². The summed E-state index contributed by atoms with van der Waals surface area (Å²) in [6.45, 7) is 0. The first-order valence-corrected chi connectivity index (χ1v) is 8.21. The van der Waals surface area contributed by atoms with Crippen LogP contribution in [-0.2, 0) is 0 Å². The minimum absolute atomic E-state index is 0.645. The van der Waals surface area contributed by atoms with E-state index in [0.29, 0.717) is 10.8 Å². The van der Waals surface area contributed by atoms with Crippen LogP contribution in [0.1, 0.15) is 0 Å². The van der Waals surface area contributed by atoms with Gasteiger partial charge in [0, 0.05) is 16.7 Å². The van der Waals surface area contributed by atoms with Gasteiger partial charge in [0.1, 0.15) is 5.76 Å². The molecule has 24 heavy (non-hydrogen) atoms. The van der Waals surface area contributed by atoms with Gasteiger partial charge in [-0.3, -0.25) is 0 Å². The van der Waals surface area contributed by atoms with E-state index < -0.39 is 0 Å². The Kier molecular flexibility index (Phi) is 3.94. The van der Waals surface area contributed by atoms with Crippen molar-refractivity contribution >= 4 is 11.6 Å². The second-order valence-corrected chi connectivity index (χ2v) is 5.93. The summed E-state index contributed by atoms with van der Waals surface area (Å²) in [5.74, 6) is 1.50. The third-order valence-electron chi connectivity index (χ3n) is 3.98. The summed E-state index contributed by atoms with van der Waals surface area (Å²) in [5, 5.41) is 0.645. The van der Waals surface area contributed by atoms with Gasteiger partial charge in [-0.15, -0.1) is 0 Å². The third-order valence-corrected chi connectivity index (χ3v) is 4.35. The normalized spacial score (nSPS) is 10.7. The molecule has 0 saturated carbocycles. The zero-order valence-electron chi connectivity index (χ0n) is 12.9. The lowest BCUT2D eigenvalue weighted by Crippen LogP contribution is -1.80. The first-order valence-electron chi connectivity index (χ1n) is 7.83. The Morgan fingerprint density at radius 2 is 0.917 bits per heavy atom. The average molecular weight is 331 g/mol. The van der Waals surface area contributed by atoms with Crippen LogP contribution in [-0.4, -0.2) is 0 Å². The van der Waals surface area contributed by atoms with E-state index in [1.54, 1.807) is 0 Å².